The Balaban J connectivity index is 1.48. The van der Waals surface area contributed by atoms with Crippen LogP contribution in [0, 0.1) is 0 Å². The Morgan fingerprint density at radius 1 is 1.36 bits per heavy atom. The molecule has 2 fully saturated rings. The molecule has 6 nitrogen and oxygen atoms in total. The number of hydrogen-bond acceptors (Lipinski definition) is 4. The monoisotopic (exact) mass is 306 g/mol. The van der Waals surface area contributed by atoms with Crippen molar-refractivity contribution in [3.05, 3.63) is 18.0 Å². The molecule has 1 atom stereocenters. The fourth-order valence-electron chi connectivity index (χ4n) is 3.60. The van der Waals surface area contributed by atoms with Gasteiger partial charge in [0.15, 0.2) is 0 Å². The van der Waals surface area contributed by atoms with Crippen LogP contribution in [0.2, 0.25) is 0 Å². The lowest BCUT2D eigenvalue weighted by atomic mass is 10.0. The Labute approximate surface area is 131 Å². The number of β-amino-alcohol motifs (C(OH)–C–C–N with tert-alkyl or cyclic N) is 1. The van der Waals surface area contributed by atoms with Crippen molar-refractivity contribution >= 4 is 5.91 Å². The van der Waals surface area contributed by atoms with E-state index < -0.39 is 5.60 Å². The molecule has 3 heterocycles. The van der Waals surface area contributed by atoms with Crippen molar-refractivity contribution in [2.45, 2.75) is 37.7 Å². The van der Waals surface area contributed by atoms with E-state index in [1.54, 1.807) is 10.9 Å². The van der Waals surface area contributed by atoms with E-state index in [-0.39, 0.29) is 5.91 Å². The van der Waals surface area contributed by atoms with Gasteiger partial charge in [-0.25, -0.2) is 0 Å². The molecular formula is C16H26N4O2. The van der Waals surface area contributed by atoms with Crippen LogP contribution in [-0.4, -0.2) is 68.9 Å². The van der Waals surface area contributed by atoms with Crippen molar-refractivity contribution in [3.63, 3.8) is 0 Å². The molecule has 3 rings (SSSR count). The molecule has 122 valence electrons. The fourth-order valence-corrected chi connectivity index (χ4v) is 3.60. The first-order chi connectivity index (χ1) is 10.6. The van der Waals surface area contributed by atoms with Gasteiger partial charge in [-0.1, -0.05) is 0 Å². The Morgan fingerprint density at radius 2 is 2.14 bits per heavy atom. The Hall–Kier alpha value is -1.40. The van der Waals surface area contributed by atoms with Crippen molar-refractivity contribution in [2.75, 3.05) is 32.7 Å². The zero-order chi connectivity index (χ0) is 15.6. The lowest BCUT2D eigenvalue weighted by molar-refractivity contribution is -0.131. The van der Waals surface area contributed by atoms with E-state index in [4.69, 9.17) is 0 Å². The van der Waals surface area contributed by atoms with Crippen LogP contribution in [-0.2, 0) is 18.3 Å². The van der Waals surface area contributed by atoms with Crippen molar-refractivity contribution in [2.24, 2.45) is 7.05 Å². The average molecular weight is 306 g/mol. The fraction of sp³-hybridized carbons (Fsp3) is 0.750. The molecule has 1 aromatic rings. The van der Waals surface area contributed by atoms with Gasteiger partial charge in [-0.3, -0.25) is 9.48 Å². The smallest absolute Gasteiger partial charge is 0.223 e. The van der Waals surface area contributed by atoms with E-state index in [0.717, 1.165) is 18.8 Å². The SMILES string of the molecule is Cn1nccc1CCC(=O)N1CC[C@@](O)(CN2CCCC2)C1. The highest BCUT2D eigenvalue weighted by Gasteiger charge is 2.39. The summed E-state index contributed by atoms with van der Waals surface area (Å²) in [6, 6.07) is 1.95. The summed E-state index contributed by atoms with van der Waals surface area (Å²) in [5, 5.41) is 14.8. The second-order valence-corrected chi connectivity index (χ2v) is 6.72. The van der Waals surface area contributed by atoms with E-state index in [1.807, 2.05) is 18.0 Å². The van der Waals surface area contributed by atoms with E-state index in [9.17, 15) is 9.90 Å². The number of nitrogens with zero attached hydrogens (tertiary/aromatic N) is 4. The van der Waals surface area contributed by atoms with Crippen molar-refractivity contribution < 1.29 is 9.90 Å². The number of carbonyl (C=O) groups is 1. The molecule has 2 saturated heterocycles. The van der Waals surface area contributed by atoms with Gasteiger partial charge in [-0.15, -0.1) is 0 Å². The maximum Gasteiger partial charge on any atom is 0.223 e. The Kier molecular flexibility index (Phi) is 4.49. The molecule has 0 aromatic carbocycles. The minimum absolute atomic E-state index is 0.138. The quantitative estimate of drug-likeness (QED) is 0.856. The molecule has 6 heteroatoms. The molecule has 0 spiro atoms. The maximum atomic E-state index is 12.3. The Bertz CT molecular complexity index is 524. The van der Waals surface area contributed by atoms with Gasteiger partial charge in [0.05, 0.1) is 12.1 Å². The number of aromatic nitrogens is 2. The first kappa shape index (κ1) is 15.5. The van der Waals surface area contributed by atoms with Gasteiger partial charge in [0.25, 0.3) is 0 Å². The highest BCUT2D eigenvalue weighted by molar-refractivity contribution is 5.76. The lowest BCUT2D eigenvalue weighted by Gasteiger charge is -2.28. The maximum absolute atomic E-state index is 12.3. The number of carbonyl (C=O) groups excluding carboxylic acids is 1. The number of likely N-dealkylation sites (tertiary alicyclic amines) is 2. The summed E-state index contributed by atoms with van der Waals surface area (Å²) in [5.41, 5.74) is 0.354. The van der Waals surface area contributed by atoms with Crippen LogP contribution in [0.1, 0.15) is 31.4 Å². The average Bonchev–Trinajstić information content (AvgIpc) is 3.19. The molecule has 2 aliphatic rings. The minimum Gasteiger partial charge on any atom is -0.387 e. The van der Waals surface area contributed by atoms with Crippen LogP contribution in [0.3, 0.4) is 0 Å². The summed E-state index contributed by atoms with van der Waals surface area (Å²) >= 11 is 0. The number of rotatable bonds is 5. The van der Waals surface area contributed by atoms with E-state index >= 15 is 0 Å². The molecular weight excluding hydrogens is 280 g/mol. The molecule has 0 aliphatic carbocycles. The lowest BCUT2D eigenvalue weighted by Crippen LogP contribution is -2.45. The number of hydrogen-bond donors (Lipinski definition) is 1. The van der Waals surface area contributed by atoms with Crippen molar-refractivity contribution in [3.8, 4) is 0 Å². The van der Waals surface area contributed by atoms with Crippen LogP contribution >= 0.6 is 0 Å². The van der Waals surface area contributed by atoms with Gasteiger partial charge in [0.2, 0.25) is 5.91 Å². The number of aryl methyl sites for hydroxylation is 2. The van der Waals surface area contributed by atoms with Gasteiger partial charge < -0.3 is 14.9 Å². The summed E-state index contributed by atoms with van der Waals surface area (Å²) in [7, 11) is 1.89. The highest BCUT2D eigenvalue weighted by atomic mass is 16.3. The molecule has 2 aliphatic heterocycles. The predicted octanol–water partition coefficient (Wildman–Crippen LogP) is 0.412. The van der Waals surface area contributed by atoms with Crippen molar-refractivity contribution in [1.82, 2.24) is 19.6 Å². The second kappa shape index (κ2) is 6.38. The summed E-state index contributed by atoms with van der Waals surface area (Å²) in [5.74, 6) is 0.138. The molecule has 0 saturated carbocycles. The first-order valence-corrected chi connectivity index (χ1v) is 8.25. The summed E-state index contributed by atoms with van der Waals surface area (Å²) in [4.78, 5) is 16.5. The van der Waals surface area contributed by atoms with Gasteiger partial charge in [0.1, 0.15) is 0 Å². The molecule has 0 radical (unpaired) electrons. The summed E-state index contributed by atoms with van der Waals surface area (Å²) < 4.78 is 1.81. The van der Waals surface area contributed by atoms with Gasteiger partial charge in [-0.05, 0) is 44.8 Å². The van der Waals surface area contributed by atoms with Gasteiger partial charge in [0, 0.05) is 38.4 Å². The van der Waals surface area contributed by atoms with Crippen LogP contribution < -0.4 is 0 Å². The van der Waals surface area contributed by atoms with Gasteiger partial charge in [-0.2, -0.15) is 5.10 Å². The third-order valence-electron chi connectivity index (χ3n) is 4.92. The largest absolute Gasteiger partial charge is 0.387 e. The molecule has 22 heavy (non-hydrogen) atoms. The van der Waals surface area contributed by atoms with E-state index in [0.29, 0.717) is 38.9 Å². The van der Waals surface area contributed by atoms with Crippen LogP contribution in [0.5, 0.6) is 0 Å². The molecule has 1 amide bonds. The Morgan fingerprint density at radius 3 is 2.82 bits per heavy atom. The molecule has 1 N–H and O–H groups in total. The third kappa shape index (κ3) is 3.50. The normalized spacial score (nSPS) is 26.0. The van der Waals surface area contributed by atoms with Crippen LogP contribution in [0.15, 0.2) is 12.3 Å². The predicted molar refractivity (Wildman–Crippen MR) is 83.3 cm³/mol. The second-order valence-electron chi connectivity index (χ2n) is 6.72. The first-order valence-electron chi connectivity index (χ1n) is 8.25. The zero-order valence-corrected chi connectivity index (χ0v) is 13.4. The molecule has 1 aromatic heterocycles. The van der Waals surface area contributed by atoms with E-state index in [1.165, 1.54) is 12.8 Å². The molecule has 0 unspecified atom stereocenters. The van der Waals surface area contributed by atoms with Crippen molar-refractivity contribution in [1.29, 1.82) is 0 Å². The van der Waals surface area contributed by atoms with Crippen LogP contribution in [0.4, 0.5) is 0 Å². The minimum atomic E-state index is -0.716. The van der Waals surface area contributed by atoms with E-state index in [2.05, 4.69) is 10.00 Å². The van der Waals surface area contributed by atoms with Gasteiger partial charge >= 0.3 is 0 Å². The number of aliphatic hydroxyl groups is 1. The number of amides is 1. The zero-order valence-electron chi connectivity index (χ0n) is 13.4. The topological polar surface area (TPSA) is 61.6 Å². The standard InChI is InChI=1S/C16H26N4O2/c1-18-14(6-8-17-18)4-5-15(21)20-11-7-16(22,13-20)12-19-9-2-3-10-19/h6,8,22H,2-5,7,9-13H2,1H3/t16-/m1/s1. The third-order valence-corrected chi connectivity index (χ3v) is 4.92. The summed E-state index contributed by atoms with van der Waals surface area (Å²) in [6.07, 6.45) is 6.09. The summed E-state index contributed by atoms with van der Waals surface area (Å²) in [6.45, 7) is 4.02. The highest BCUT2D eigenvalue weighted by Crippen LogP contribution is 2.25. The molecule has 0 bridgehead atoms. The van der Waals surface area contributed by atoms with Crippen LogP contribution in [0.25, 0.3) is 0 Å².